The lowest BCUT2D eigenvalue weighted by Crippen LogP contribution is -2.58. The van der Waals surface area contributed by atoms with Gasteiger partial charge in [0.2, 0.25) is 5.75 Å². The molecular formula is C14H18O10. The molecule has 0 unspecified atom stereocenters. The highest BCUT2D eigenvalue weighted by atomic mass is 16.6. The molecule has 10 nitrogen and oxygen atoms in total. The van der Waals surface area contributed by atoms with E-state index in [0.717, 1.165) is 6.07 Å². The molecule has 2 aliphatic rings. The molecule has 1 aromatic rings. The van der Waals surface area contributed by atoms with Crippen LogP contribution in [0.25, 0.3) is 0 Å². The molecule has 0 spiro atoms. The van der Waals surface area contributed by atoms with Crippen LogP contribution in [0.1, 0.15) is 22.0 Å². The number of benzene rings is 1. The fourth-order valence-corrected chi connectivity index (χ4v) is 2.95. The molecule has 5 atom stereocenters. The quantitative estimate of drug-likeness (QED) is 0.378. The largest absolute Gasteiger partial charge is 0.504 e. The van der Waals surface area contributed by atoms with Crippen LogP contribution in [0.2, 0.25) is 0 Å². The first-order valence-electron chi connectivity index (χ1n) is 6.87. The molecule has 24 heavy (non-hydrogen) atoms. The minimum absolute atomic E-state index is 0. The zero-order valence-corrected chi connectivity index (χ0v) is 12.5. The van der Waals surface area contributed by atoms with E-state index in [9.17, 15) is 30.3 Å². The SMILES string of the molecule is COc1c(O)cc2c(c1O)[C@H]1O[C@@H](CO)[C@H](O)[C@@H](O)[C@@H]1OC2=O.O. The summed E-state index contributed by atoms with van der Waals surface area (Å²) < 4.78 is 15.4. The topological polar surface area (TPSA) is 177 Å². The Balaban J connectivity index is 0.00000208. The number of phenols is 2. The van der Waals surface area contributed by atoms with E-state index in [0.29, 0.717) is 0 Å². The highest BCUT2D eigenvalue weighted by Crippen LogP contribution is 2.49. The normalized spacial score (nSPS) is 31.3. The van der Waals surface area contributed by atoms with Crippen LogP contribution in [-0.4, -0.2) is 75.1 Å². The van der Waals surface area contributed by atoms with Gasteiger partial charge >= 0.3 is 5.97 Å². The van der Waals surface area contributed by atoms with Crippen LogP contribution in [0.4, 0.5) is 0 Å². The molecule has 2 heterocycles. The number of carbonyl (C=O) groups is 1. The Labute approximate surface area is 135 Å². The molecule has 1 fully saturated rings. The number of aromatic hydroxyl groups is 2. The standard InChI is InChI=1S/C14H16O9.H2O/c1-21-11-5(16)2-4-7(9(11)18)12-13(23-14(4)20)10(19)8(17)6(3-15)22-12;/h2,6,8,10,12-13,15-19H,3H2,1H3;1H2/t6-,8-,10+,12+,13-;/m0./s1. The van der Waals surface area contributed by atoms with Crippen molar-refractivity contribution in [2.45, 2.75) is 30.5 Å². The molecule has 134 valence electrons. The monoisotopic (exact) mass is 346 g/mol. The van der Waals surface area contributed by atoms with E-state index in [1.807, 2.05) is 0 Å². The molecule has 10 heteroatoms. The number of carbonyl (C=O) groups excluding carboxylic acids is 1. The molecule has 2 aliphatic heterocycles. The van der Waals surface area contributed by atoms with E-state index in [2.05, 4.69) is 0 Å². The Morgan fingerprint density at radius 2 is 1.92 bits per heavy atom. The molecule has 1 aromatic carbocycles. The second-order valence-electron chi connectivity index (χ2n) is 5.37. The number of hydrogen-bond acceptors (Lipinski definition) is 9. The van der Waals surface area contributed by atoms with Gasteiger partial charge in [0.25, 0.3) is 0 Å². The van der Waals surface area contributed by atoms with E-state index < -0.39 is 54.6 Å². The zero-order chi connectivity index (χ0) is 16.9. The average Bonchev–Trinajstić information content (AvgIpc) is 2.52. The first kappa shape index (κ1) is 18.2. The van der Waals surface area contributed by atoms with E-state index >= 15 is 0 Å². The van der Waals surface area contributed by atoms with E-state index in [-0.39, 0.29) is 22.4 Å². The lowest BCUT2D eigenvalue weighted by atomic mass is 9.86. The molecule has 0 amide bonds. The van der Waals surface area contributed by atoms with Crippen molar-refractivity contribution in [2.75, 3.05) is 13.7 Å². The van der Waals surface area contributed by atoms with Gasteiger partial charge in [0.05, 0.1) is 19.3 Å². The summed E-state index contributed by atoms with van der Waals surface area (Å²) in [6.45, 7) is -0.583. The maximum Gasteiger partial charge on any atom is 0.339 e. The third-order valence-electron chi connectivity index (χ3n) is 4.09. The van der Waals surface area contributed by atoms with Crippen molar-refractivity contribution in [3.8, 4) is 17.2 Å². The van der Waals surface area contributed by atoms with Crippen LogP contribution < -0.4 is 4.74 Å². The Kier molecular flexibility index (Phi) is 4.87. The third-order valence-corrected chi connectivity index (χ3v) is 4.09. The number of aliphatic hydroxyl groups excluding tert-OH is 3. The number of ether oxygens (including phenoxy) is 3. The summed E-state index contributed by atoms with van der Waals surface area (Å²) in [4.78, 5) is 12.1. The Morgan fingerprint density at radius 3 is 2.50 bits per heavy atom. The van der Waals surface area contributed by atoms with Crippen molar-refractivity contribution in [3.63, 3.8) is 0 Å². The minimum atomic E-state index is -1.51. The molecule has 3 rings (SSSR count). The van der Waals surface area contributed by atoms with Crippen molar-refractivity contribution in [1.29, 1.82) is 0 Å². The van der Waals surface area contributed by atoms with Gasteiger partial charge in [-0.2, -0.15) is 0 Å². The van der Waals surface area contributed by atoms with Crippen molar-refractivity contribution in [3.05, 3.63) is 17.2 Å². The second-order valence-corrected chi connectivity index (χ2v) is 5.37. The van der Waals surface area contributed by atoms with E-state index in [4.69, 9.17) is 14.2 Å². The lowest BCUT2D eigenvalue weighted by molar-refractivity contribution is -0.235. The third kappa shape index (κ3) is 2.44. The molecule has 0 saturated carbocycles. The van der Waals surface area contributed by atoms with Gasteiger partial charge in [-0.1, -0.05) is 0 Å². The summed E-state index contributed by atoms with van der Waals surface area (Å²) in [6.07, 6.45) is -6.50. The lowest BCUT2D eigenvalue weighted by Gasteiger charge is -2.44. The van der Waals surface area contributed by atoms with Gasteiger partial charge in [-0.3, -0.25) is 0 Å². The Bertz CT molecular complexity index is 645. The fourth-order valence-electron chi connectivity index (χ4n) is 2.95. The Hall–Kier alpha value is -2.11. The number of phenolic OH excluding ortho intramolecular Hbond substituents is 2. The van der Waals surface area contributed by atoms with Crippen molar-refractivity contribution < 1.29 is 50.0 Å². The molecule has 0 aromatic heterocycles. The summed E-state index contributed by atoms with van der Waals surface area (Å²) in [5, 5.41) is 49.3. The first-order valence-corrected chi connectivity index (χ1v) is 6.87. The number of methoxy groups -OCH3 is 1. The van der Waals surface area contributed by atoms with Gasteiger partial charge in [0.15, 0.2) is 17.6 Å². The van der Waals surface area contributed by atoms with Gasteiger partial charge < -0.3 is 45.2 Å². The highest BCUT2D eigenvalue weighted by Gasteiger charge is 2.52. The van der Waals surface area contributed by atoms with Crippen LogP contribution in [0, 0.1) is 0 Å². The van der Waals surface area contributed by atoms with Gasteiger partial charge in [-0.05, 0) is 6.07 Å². The molecule has 0 bridgehead atoms. The van der Waals surface area contributed by atoms with Crippen LogP contribution in [-0.2, 0) is 9.47 Å². The maximum absolute atomic E-state index is 12.1. The van der Waals surface area contributed by atoms with Gasteiger partial charge in [-0.15, -0.1) is 0 Å². The van der Waals surface area contributed by atoms with Crippen LogP contribution in [0.3, 0.4) is 0 Å². The summed E-state index contributed by atoms with van der Waals surface area (Å²) in [6, 6.07) is 1.06. The number of rotatable bonds is 2. The van der Waals surface area contributed by atoms with Gasteiger partial charge in [0.1, 0.15) is 24.4 Å². The molecule has 7 N–H and O–H groups in total. The van der Waals surface area contributed by atoms with Crippen LogP contribution in [0.5, 0.6) is 17.2 Å². The molecule has 0 aliphatic carbocycles. The predicted molar refractivity (Wildman–Crippen MR) is 75.9 cm³/mol. The zero-order valence-electron chi connectivity index (χ0n) is 12.5. The first-order chi connectivity index (χ1) is 10.9. The maximum atomic E-state index is 12.1. The number of fused-ring (bicyclic) bond motifs is 3. The van der Waals surface area contributed by atoms with Crippen LogP contribution >= 0.6 is 0 Å². The number of hydrogen-bond donors (Lipinski definition) is 5. The van der Waals surface area contributed by atoms with Crippen LogP contribution in [0.15, 0.2) is 6.07 Å². The Morgan fingerprint density at radius 1 is 1.25 bits per heavy atom. The van der Waals surface area contributed by atoms with E-state index in [1.54, 1.807) is 0 Å². The number of aliphatic hydroxyl groups is 3. The summed E-state index contributed by atoms with van der Waals surface area (Å²) in [5.41, 5.74) is -0.187. The van der Waals surface area contributed by atoms with Crippen molar-refractivity contribution in [1.82, 2.24) is 0 Å². The predicted octanol–water partition coefficient (Wildman–Crippen LogP) is -2.03. The summed E-state index contributed by atoms with van der Waals surface area (Å²) >= 11 is 0. The highest BCUT2D eigenvalue weighted by molar-refractivity contribution is 5.95. The smallest absolute Gasteiger partial charge is 0.339 e. The number of esters is 1. The fraction of sp³-hybridized carbons (Fsp3) is 0.500. The van der Waals surface area contributed by atoms with Crippen molar-refractivity contribution in [2.24, 2.45) is 0 Å². The summed E-state index contributed by atoms with van der Waals surface area (Å²) in [5.74, 6) is -2.16. The average molecular weight is 346 g/mol. The summed E-state index contributed by atoms with van der Waals surface area (Å²) in [7, 11) is 1.22. The second kappa shape index (κ2) is 6.42. The molecule has 1 saturated heterocycles. The molecule has 0 radical (unpaired) electrons. The van der Waals surface area contributed by atoms with Gasteiger partial charge in [-0.25, -0.2) is 4.79 Å². The van der Waals surface area contributed by atoms with E-state index in [1.165, 1.54) is 7.11 Å². The molecular weight excluding hydrogens is 328 g/mol. The minimum Gasteiger partial charge on any atom is -0.504 e. The van der Waals surface area contributed by atoms with Gasteiger partial charge in [0, 0.05) is 5.56 Å². The van der Waals surface area contributed by atoms with Crippen molar-refractivity contribution >= 4 is 5.97 Å².